The molecule has 122 valence electrons. The molecule has 0 heterocycles. The number of nitrogen functional groups attached to an aromatic ring is 1. The minimum Gasteiger partial charge on any atom is -0.399 e. The molecule has 2 heteroatoms. The number of hydrogen-bond acceptors (Lipinski definition) is 2. The van der Waals surface area contributed by atoms with E-state index in [9.17, 15) is 0 Å². The lowest BCUT2D eigenvalue weighted by Crippen LogP contribution is -1.95. The van der Waals surface area contributed by atoms with Gasteiger partial charge in [0.2, 0.25) is 0 Å². The van der Waals surface area contributed by atoms with Crippen molar-refractivity contribution in [2.24, 2.45) is 0 Å². The van der Waals surface area contributed by atoms with Crippen LogP contribution in [0.5, 0.6) is 0 Å². The molecule has 0 saturated carbocycles. The zero-order valence-corrected chi connectivity index (χ0v) is 13.9. The minimum absolute atomic E-state index is 0.799. The standard InChI is InChI=1S/C23H20N2/c24-20-12-10-17(11-13-20)14-19-16-22(25-21-7-2-1-3-8-21)15-18-6-4-5-9-23(18)19/h1-13,15-16,25H,14,24H2. The summed E-state index contributed by atoms with van der Waals surface area (Å²) in [5.74, 6) is 0. The molecule has 0 aliphatic carbocycles. The topological polar surface area (TPSA) is 38.0 Å². The van der Waals surface area contributed by atoms with Crippen LogP contribution in [0, 0.1) is 0 Å². The molecule has 0 saturated heterocycles. The second kappa shape index (κ2) is 6.70. The van der Waals surface area contributed by atoms with E-state index in [1.807, 2.05) is 30.3 Å². The molecule has 0 aromatic heterocycles. The van der Waals surface area contributed by atoms with Crippen molar-refractivity contribution in [1.29, 1.82) is 0 Å². The van der Waals surface area contributed by atoms with Crippen LogP contribution in [0.1, 0.15) is 11.1 Å². The molecule has 0 bridgehead atoms. The molecule has 0 spiro atoms. The van der Waals surface area contributed by atoms with Crippen LogP contribution >= 0.6 is 0 Å². The summed E-state index contributed by atoms with van der Waals surface area (Å²) in [6.07, 6.45) is 0.880. The molecule has 0 unspecified atom stereocenters. The van der Waals surface area contributed by atoms with Crippen LogP contribution in [0.3, 0.4) is 0 Å². The Bertz CT molecular complexity index is 989. The number of nitrogens with two attached hydrogens (primary N) is 1. The average Bonchev–Trinajstić information content (AvgIpc) is 2.64. The largest absolute Gasteiger partial charge is 0.399 e. The minimum atomic E-state index is 0.799. The maximum absolute atomic E-state index is 5.81. The summed E-state index contributed by atoms with van der Waals surface area (Å²) < 4.78 is 0. The van der Waals surface area contributed by atoms with Crippen LogP contribution in [-0.2, 0) is 6.42 Å². The molecule has 3 N–H and O–H groups in total. The number of nitrogens with one attached hydrogen (secondary N) is 1. The number of fused-ring (bicyclic) bond motifs is 1. The van der Waals surface area contributed by atoms with E-state index in [4.69, 9.17) is 5.73 Å². The zero-order valence-electron chi connectivity index (χ0n) is 13.9. The average molecular weight is 324 g/mol. The molecule has 0 aliphatic heterocycles. The summed E-state index contributed by atoms with van der Waals surface area (Å²) in [7, 11) is 0. The first-order valence-electron chi connectivity index (χ1n) is 8.46. The first-order valence-corrected chi connectivity index (χ1v) is 8.46. The fourth-order valence-electron chi connectivity index (χ4n) is 3.15. The Morgan fingerprint density at radius 3 is 2.20 bits per heavy atom. The van der Waals surface area contributed by atoms with Crippen molar-refractivity contribution in [3.05, 3.63) is 102 Å². The first kappa shape index (κ1) is 15.3. The van der Waals surface area contributed by atoms with Crippen LogP contribution < -0.4 is 11.1 Å². The Balaban J connectivity index is 1.74. The third kappa shape index (κ3) is 3.48. The summed E-state index contributed by atoms with van der Waals surface area (Å²) in [5.41, 5.74) is 11.4. The molecule has 4 rings (SSSR count). The maximum Gasteiger partial charge on any atom is 0.0393 e. The van der Waals surface area contributed by atoms with Gasteiger partial charge in [0, 0.05) is 17.1 Å². The predicted octanol–water partition coefficient (Wildman–Crippen LogP) is 5.76. The van der Waals surface area contributed by atoms with Gasteiger partial charge in [0.25, 0.3) is 0 Å². The molecule has 0 atom stereocenters. The maximum atomic E-state index is 5.81. The van der Waals surface area contributed by atoms with E-state index in [1.165, 1.54) is 21.9 Å². The summed E-state index contributed by atoms with van der Waals surface area (Å²) in [4.78, 5) is 0. The zero-order chi connectivity index (χ0) is 17.1. The van der Waals surface area contributed by atoms with Gasteiger partial charge in [-0.25, -0.2) is 0 Å². The van der Waals surface area contributed by atoms with Crippen molar-refractivity contribution >= 4 is 27.8 Å². The van der Waals surface area contributed by atoms with E-state index in [0.29, 0.717) is 0 Å². The summed E-state index contributed by atoms with van der Waals surface area (Å²) in [6, 6.07) is 31.4. The fourth-order valence-corrected chi connectivity index (χ4v) is 3.15. The smallest absolute Gasteiger partial charge is 0.0393 e. The fraction of sp³-hybridized carbons (Fsp3) is 0.0435. The molecule has 4 aromatic rings. The van der Waals surface area contributed by atoms with Gasteiger partial charge in [0.05, 0.1) is 0 Å². The van der Waals surface area contributed by atoms with Crippen LogP contribution in [0.25, 0.3) is 10.8 Å². The highest BCUT2D eigenvalue weighted by molar-refractivity contribution is 5.90. The van der Waals surface area contributed by atoms with Crippen molar-refractivity contribution in [2.45, 2.75) is 6.42 Å². The van der Waals surface area contributed by atoms with E-state index in [1.54, 1.807) is 0 Å². The molecule has 0 aliphatic rings. The molecular formula is C23H20N2. The van der Waals surface area contributed by atoms with E-state index >= 15 is 0 Å². The van der Waals surface area contributed by atoms with Gasteiger partial charge in [0.1, 0.15) is 0 Å². The van der Waals surface area contributed by atoms with Crippen molar-refractivity contribution in [2.75, 3.05) is 11.1 Å². The predicted molar refractivity (Wildman–Crippen MR) is 107 cm³/mol. The second-order valence-electron chi connectivity index (χ2n) is 6.27. The van der Waals surface area contributed by atoms with E-state index in [0.717, 1.165) is 23.5 Å². The Morgan fingerprint density at radius 1 is 0.680 bits per heavy atom. The van der Waals surface area contributed by atoms with Gasteiger partial charge in [-0.05, 0) is 64.7 Å². The van der Waals surface area contributed by atoms with Gasteiger partial charge < -0.3 is 11.1 Å². The molecular weight excluding hydrogens is 304 g/mol. The molecule has 25 heavy (non-hydrogen) atoms. The molecule has 4 aromatic carbocycles. The van der Waals surface area contributed by atoms with Gasteiger partial charge in [-0.2, -0.15) is 0 Å². The third-order valence-electron chi connectivity index (χ3n) is 4.38. The van der Waals surface area contributed by atoms with Gasteiger partial charge in [-0.3, -0.25) is 0 Å². The van der Waals surface area contributed by atoms with Crippen molar-refractivity contribution in [3.8, 4) is 0 Å². The number of hydrogen-bond donors (Lipinski definition) is 2. The number of para-hydroxylation sites is 1. The lowest BCUT2D eigenvalue weighted by molar-refractivity contribution is 1.21. The highest BCUT2D eigenvalue weighted by Crippen LogP contribution is 2.28. The van der Waals surface area contributed by atoms with E-state index in [-0.39, 0.29) is 0 Å². The van der Waals surface area contributed by atoms with Crippen LogP contribution in [0.4, 0.5) is 17.1 Å². The number of benzene rings is 4. The highest BCUT2D eigenvalue weighted by Gasteiger charge is 2.06. The van der Waals surface area contributed by atoms with Crippen molar-refractivity contribution in [1.82, 2.24) is 0 Å². The Morgan fingerprint density at radius 2 is 1.40 bits per heavy atom. The Kier molecular flexibility index (Phi) is 4.09. The monoisotopic (exact) mass is 324 g/mol. The lowest BCUT2D eigenvalue weighted by atomic mass is 9.97. The highest BCUT2D eigenvalue weighted by atomic mass is 14.9. The summed E-state index contributed by atoms with van der Waals surface area (Å²) >= 11 is 0. The number of rotatable bonds is 4. The Labute approximate surface area is 147 Å². The second-order valence-corrected chi connectivity index (χ2v) is 6.27. The Hall–Kier alpha value is -3.26. The molecule has 2 nitrogen and oxygen atoms in total. The summed E-state index contributed by atoms with van der Waals surface area (Å²) in [6.45, 7) is 0. The molecule has 0 fully saturated rings. The van der Waals surface area contributed by atoms with Gasteiger partial charge in [-0.15, -0.1) is 0 Å². The van der Waals surface area contributed by atoms with Gasteiger partial charge in [-0.1, -0.05) is 54.6 Å². The van der Waals surface area contributed by atoms with E-state index < -0.39 is 0 Å². The quantitative estimate of drug-likeness (QED) is 0.469. The molecule has 0 radical (unpaired) electrons. The lowest BCUT2D eigenvalue weighted by Gasteiger charge is -2.13. The van der Waals surface area contributed by atoms with Crippen LogP contribution in [-0.4, -0.2) is 0 Å². The summed E-state index contributed by atoms with van der Waals surface area (Å²) in [5, 5.41) is 6.05. The van der Waals surface area contributed by atoms with Crippen molar-refractivity contribution in [3.63, 3.8) is 0 Å². The number of anilines is 3. The van der Waals surface area contributed by atoms with Gasteiger partial charge in [0.15, 0.2) is 0 Å². The van der Waals surface area contributed by atoms with Crippen LogP contribution in [0.2, 0.25) is 0 Å². The SMILES string of the molecule is Nc1ccc(Cc2cc(Nc3ccccc3)cc3ccccc23)cc1. The first-order chi connectivity index (χ1) is 12.3. The third-order valence-corrected chi connectivity index (χ3v) is 4.38. The van der Waals surface area contributed by atoms with Crippen molar-refractivity contribution < 1.29 is 0 Å². The molecule has 0 amide bonds. The van der Waals surface area contributed by atoms with Crippen LogP contribution in [0.15, 0.2) is 91.0 Å². The van der Waals surface area contributed by atoms with E-state index in [2.05, 4.69) is 66.0 Å². The van der Waals surface area contributed by atoms with Gasteiger partial charge >= 0.3 is 0 Å². The normalized spacial score (nSPS) is 10.7.